The number of rotatable bonds is 7. The molecule has 1 aromatic heterocycles. The van der Waals surface area contributed by atoms with Crippen LogP contribution < -0.4 is 16.8 Å². The largest absolute Gasteiger partial charge is 0.294 e. The van der Waals surface area contributed by atoms with E-state index < -0.39 is 0 Å². The maximum Gasteiger partial charge on any atom is 0.256 e. The third-order valence-corrected chi connectivity index (χ3v) is 4.70. The lowest BCUT2D eigenvalue weighted by Crippen LogP contribution is -2.23. The molecule has 0 saturated heterocycles. The second kappa shape index (κ2) is 8.98. The van der Waals surface area contributed by atoms with Crippen LogP contribution in [0.15, 0.2) is 53.3 Å². The third kappa shape index (κ3) is 4.27. The van der Waals surface area contributed by atoms with Gasteiger partial charge in [0, 0.05) is 12.0 Å². The molecule has 3 rings (SSSR count). The highest BCUT2D eigenvalue weighted by Crippen LogP contribution is 2.24. The summed E-state index contributed by atoms with van der Waals surface area (Å²) in [5, 5.41) is 9.29. The van der Waals surface area contributed by atoms with Crippen LogP contribution in [0.5, 0.6) is 0 Å². The number of hydrogen-bond donors (Lipinski definition) is 3. The number of anilines is 1. The molecule has 28 heavy (non-hydrogen) atoms. The van der Waals surface area contributed by atoms with Crippen molar-refractivity contribution in [3.63, 3.8) is 0 Å². The molecule has 6 heteroatoms. The van der Waals surface area contributed by atoms with Crippen LogP contribution in [0.1, 0.15) is 42.1 Å². The van der Waals surface area contributed by atoms with E-state index in [1.54, 1.807) is 0 Å². The van der Waals surface area contributed by atoms with Crippen LogP contribution in [0.2, 0.25) is 0 Å². The molecule has 0 spiro atoms. The predicted molar refractivity (Wildman–Crippen MR) is 111 cm³/mol. The molecule has 0 aliphatic carbocycles. The fourth-order valence-corrected chi connectivity index (χ4v) is 3.18. The number of H-pyrrole nitrogens is 1. The first kappa shape index (κ1) is 19.3. The van der Waals surface area contributed by atoms with Gasteiger partial charge in [-0.25, -0.2) is 10.8 Å². The molecule has 0 amide bonds. The third-order valence-electron chi connectivity index (χ3n) is 4.70. The molecule has 0 bridgehead atoms. The Morgan fingerprint density at radius 2 is 1.93 bits per heavy atom. The summed E-state index contributed by atoms with van der Waals surface area (Å²) in [5.74, 6) is 5.69. The number of aryl methyl sites for hydroxylation is 1. The van der Waals surface area contributed by atoms with Crippen LogP contribution in [-0.2, 0) is 12.8 Å². The van der Waals surface area contributed by atoms with E-state index in [2.05, 4.69) is 28.4 Å². The van der Waals surface area contributed by atoms with Crippen molar-refractivity contribution in [3.8, 4) is 17.2 Å². The molecule has 0 saturated carbocycles. The summed E-state index contributed by atoms with van der Waals surface area (Å²) in [6.45, 7) is 2.10. The summed E-state index contributed by atoms with van der Waals surface area (Å²) >= 11 is 0. The highest BCUT2D eigenvalue weighted by Gasteiger charge is 2.12. The fraction of sp³-hybridized carbons (Fsp3) is 0.227. The average Bonchev–Trinajstić information content (AvgIpc) is 2.74. The zero-order valence-electron chi connectivity index (χ0n) is 15.8. The molecule has 6 nitrogen and oxygen atoms in total. The highest BCUT2D eigenvalue weighted by molar-refractivity contribution is 5.70. The molecule has 0 atom stereocenters. The number of aromatic nitrogens is 2. The molecule has 0 radical (unpaired) electrons. The molecular formula is C22H23N5O. The number of unbranched alkanes of at least 4 members (excludes halogenated alkanes) is 1. The quantitative estimate of drug-likeness (QED) is 0.434. The number of benzene rings is 2. The number of hydrogen-bond acceptors (Lipinski definition) is 5. The highest BCUT2D eigenvalue weighted by atomic mass is 16.1. The van der Waals surface area contributed by atoms with Crippen LogP contribution in [-0.4, -0.2) is 9.97 Å². The van der Waals surface area contributed by atoms with Gasteiger partial charge in [-0.1, -0.05) is 55.8 Å². The zero-order valence-corrected chi connectivity index (χ0v) is 15.8. The van der Waals surface area contributed by atoms with Crippen molar-refractivity contribution in [2.45, 2.75) is 32.6 Å². The second-order valence-corrected chi connectivity index (χ2v) is 6.62. The number of nitrogen functional groups attached to an aromatic ring is 1. The molecular weight excluding hydrogens is 350 g/mol. The lowest BCUT2D eigenvalue weighted by molar-refractivity contribution is 0.760. The summed E-state index contributed by atoms with van der Waals surface area (Å²) in [6, 6.07) is 17.7. The maximum absolute atomic E-state index is 12.5. The molecule has 2 aromatic carbocycles. The van der Waals surface area contributed by atoms with Crippen LogP contribution in [0.3, 0.4) is 0 Å². The minimum absolute atomic E-state index is 0.173. The summed E-state index contributed by atoms with van der Waals surface area (Å²) in [7, 11) is 0. The van der Waals surface area contributed by atoms with E-state index >= 15 is 0 Å². The first-order chi connectivity index (χ1) is 13.7. The van der Waals surface area contributed by atoms with Gasteiger partial charge >= 0.3 is 0 Å². The average molecular weight is 373 g/mol. The Labute approximate surface area is 164 Å². The number of nitrogens with two attached hydrogens (primary N) is 1. The maximum atomic E-state index is 12.5. The summed E-state index contributed by atoms with van der Waals surface area (Å²) in [4.78, 5) is 19.7. The molecule has 0 fully saturated rings. The minimum Gasteiger partial charge on any atom is -0.294 e. The van der Waals surface area contributed by atoms with Gasteiger partial charge in [-0.15, -0.1) is 0 Å². The van der Waals surface area contributed by atoms with Gasteiger partial charge in [-0.2, -0.15) is 5.26 Å². The molecule has 142 valence electrons. The Morgan fingerprint density at radius 3 is 2.61 bits per heavy atom. The van der Waals surface area contributed by atoms with Crippen molar-refractivity contribution in [3.05, 3.63) is 81.3 Å². The number of aromatic amines is 1. The van der Waals surface area contributed by atoms with E-state index in [1.165, 1.54) is 0 Å². The van der Waals surface area contributed by atoms with Gasteiger partial charge in [-0.3, -0.25) is 15.2 Å². The first-order valence-electron chi connectivity index (χ1n) is 9.33. The number of hydrazine groups is 1. The van der Waals surface area contributed by atoms with Gasteiger partial charge in [0.1, 0.15) is 0 Å². The summed E-state index contributed by atoms with van der Waals surface area (Å²) < 4.78 is 0. The van der Waals surface area contributed by atoms with E-state index in [9.17, 15) is 10.1 Å². The van der Waals surface area contributed by atoms with Crippen LogP contribution in [0.4, 0.5) is 5.95 Å². The smallest absolute Gasteiger partial charge is 0.256 e. The minimum atomic E-state index is -0.173. The molecule has 0 unspecified atom stereocenters. The van der Waals surface area contributed by atoms with Crippen molar-refractivity contribution in [2.75, 3.05) is 5.43 Å². The number of nitriles is 1. The van der Waals surface area contributed by atoms with Gasteiger partial charge in [0.05, 0.1) is 17.3 Å². The van der Waals surface area contributed by atoms with Gasteiger partial charge < -0.3 is 0 Å². The van der Waals surface area contributed by atoms with Crippen molar-refractivity contribution in [1.82, 2.24) is 9.97 Å². The van der Waals surface area contributed by atoms with E-state index in [1.807, 2.05) is 48.5 Å². The van der Waals surface area contributed by atoms with Gasteiger partial charge in [0.15, 0.2) is 0 Å². The normalized spacial score (nSPS) is 10.5. The van der Waals surface area contributed by atoms with Gasteiger partial charge in [0.25, 0.3) is 5.56 Å². The Bertz CT molecular complexity index is 1050. The Kier molecular flexibility index (Phi) is 6.20. The molecule has 0 aliphatic heterocycles. The SMILES string of the molecule is CCCCc1nc(NN)[nH]c(=O)c1Cc1ccc(-c2ccccc2C#N)cc1. The van der Waals surface area contributed by atoms with E-state index in [-0.39, 0.29) is 11.5 Å². The van der Waals surface area contributed by atoms with Crippen molar-refractivity contribution >= 4 is 5.95 Å². The van der Waals surface area contributed by atoms with Crippen molar-refractivity contribution in [1.29, 1.82) is 5.26 Å². The standard InChI is InChI=1S/C22H23N5O/c1-2-3-8-20-19(21(28)26-22(25-20)27-24)13-15-9-11-16(12-10-15)18-7-5-4-6-17(18)14-23/h4-7,9-12H,2-3,8,13,24H2,1H3,(H2,25,26,27,28). The Morgan fingerprint density at radius 1 is 1.18 bits per heavy atom. The second-order valence-electron chi connectivity index (χ2n) is 6.62. The molecule has 0 aliphatic rings. The zero-order chi connectivity index (χ0) is 19.9. The van der Waals surface area contributed by atoms with E-state index in [0.717, 1.165) is 41.6 Å². The number of nitrogens with zero attached hydrogens (tertiary/aromatic N) is 2. The summed E-state index contributed by atoms with van der Waals surface area (Å²) in [6.07, 6.45) is 3.20. The Balaban J connectivity index is 1.90. The molecule has 1 heterocycles. The number of nitrogens with one attached hydrogen (secondary N) is 2. The van der Waals surface area contributed by atoms with Crippen LogP contribution in [0, 0.1) is 11.3 Å². The van der Waals surface area contributed by atoms with E-state index in [4.69, 9.17) is 5.84 Å². The van der Waals surface area contributed by atoms with Gasteiger partial charge in [0.2, 0.25) is 5.95 Å². The van der Waals surface area contributed by atoms with Crippen molar-refractivity contribution < 1.29 is 0 Å². The first-order valence-corrected chi connectivity index (χ1v) is 9.33. The summed E-state index contributed by atoms with van der Waals surface area (Å²) in [5.41, 5.74) is 7.21. The molecule has 3 aromatic rings. The van der Waals surface area contributed by atoms with Crippen LogP contribution in [0.25, 0.3) is 11.1 Å². The fourth-order valence-electron chi connectivity index (χ4n) is 3.18. The van der Waals surface area contributed by atoms with Gasteiger partial charge in [-0.05, 0) is 35.6 Å². The monoisotopic (exact) mass is 373 g/mol. The molecule has 4 N–H and O–H groups in total. The lowest BCUT2D eigenvalue weighted by atomic mass is 9.97. The van der Waals surface area contributed by atoms with E-state index in [0.29, 0.717) is 17.5 Å². The van der Waals surface area contributed by atoms with Crippen LogP contribution >= 0.6 is 0 Å². The predicted octanol–water partition coefficient (Wildman–Crippen LogP) is 3.53. The van der Waals surface area contributed by atoms with Crippen molar-refractivity contribution in [2.24, 2.45) is 5.84 Å². The lowest BCUT2D eigenvalue weighted by Gasteiger charge is -2.11. The topological polar surface area (TPSA) is 108 Å². The Hall–Kier alpha value is -3.43.